The van der Waals surface area contributed by atoms with Crippen LogP contribution in [0.15, 0.2) is 17.5 Å². The number of aryl methyl sites for hydroxylation is 2. The van der Waals surface area contributed by atoms with Gasteiger partial charge in [0.25, 0.3) is 0 Å². The van der Waals surface area contributed by atoms with Gasteiger partial charge < -0.3 is 9.90 Å². The Balaban J connectivity index is 0.00000144. The summed E-state index contributed by atoms with van der Waals surface area (Å²) >= 11 is 1.40. The first kappa shape index (κ1) is 13.9. The molecule has 17 heavy (non-hydrogen) atoms. The fourth-order valence-electron chi connectivity index (χ4n) is 1.36. The van der Waals surface area contributed by atoms with Gasteiger partial charge in [0.05, 0.1) is 11.7 Å². The van der Waals surface area contributed by atoms with E-state index in [9.17, 15) is 9.90 Å². The van der Waals surface area contributed by atoms with Crippen molar-refractivity contribution >= 4 is 17.3 Å². The van der Waals surface area contributed by atoms with Crippen LogP contribution in [0.3, 0.4) is 0 Å². The molecule has 2 rings (SSSR count). The number of rotatable bonds is 2. The topological polar surface area (TPSA) is 65.9 Å². The van der Waals surface area contributed by atoms with E-state index in [0.29, 0.717) is 16.3 Å². The van der Waals surface area contributed by atoms with Crippen LogP contribution in [0.2, 0.25) is 0 Å². The molecule has 4 nitrogen and oxygen atoms in total. The summed E-state index contributed by atoms with van der Waals surface area (Å²) in [4.78, 5) is 19.2. The molecular formula is C11H9LiN2O2S. The molecule has 0 aliphatic heterocycles. The van der Waals surface area contributed by atoms with Crippen molar-refractivity contribution in [3.05, 3.63) is 34.6 Å². The van der Waals surface area contributed by atoms with Gasteiger partial charge >= 0.3 is 18.9 Å². The Kier molecular flexibility index (Phi) is 4.46. The monoisotopic (exact) mass is 240 g/mol. The molecule has 0 aliphatic rings. The average molecular weight is 240 g/mol. The average Bonchev–Trinajstić information content (AvgIpc) is 2.64. The zero-order chi connectivity index (χ0) is 11.7. The SMILES string of the molecule is Cc1csc(-c2ccc(C)nc2C(=O)[O-])n1.[Li+]. The van der Waals surface area contributed by atoms with Crippen molar-refractivity contribution in [2.24, 2.45) is 0 Å². The van der Waals surface area contributed by atoms with Crippen molar-refractivity contribution in [2.75, 3.05) is 0 Å². The largest absolute Gasteiger partial charge is 1.00 e. The first-order valence-electron chi connectivity index (χ1n) is 4.69. The third kappa shape index (κ3) is 2.94. The molecule has 2 aromatic heterocycles. The van der Waals surface area contributed by atoms with Gasteiger partial charge in [0.1, 0.15) is 5.01 Å². The van der Waals surface area contributed by atoms with Crippen LogP contribution in [-0.4, -0.2) is 15.9 Å². The first-order valence-corrected chi connectivity index (χ1v) is 5.57. The van der Waals surface area contributed by atoms with E-state index in [2.05, 4.69) is 9.97 Å². The number of aromatic carboxylic acids is 1. The zero-order valence-electron chi connectivity index (χ0n) is 9.85. The summed E-state index contributed by atoms with van der Waals surface area (Å²) in [7, 11) is 0. The third-order valence-electron chi connectivity index (χ3n) is 2.08. The van der Waals surface area contributed by atoms with Gasteiger partial charge in [0.15, 0.2) is 0 Å². The predicted octanol–water partition coefficient (Wildman–Crippen LogP) is -1.81. The van der Waals surface area contributed by atoms with E-state index in [1.165, 1.54) is 11.3 Å². The summed E-state index contributed by atoms with van der Waals surface area (Å²) in [5.41, 5.74) is 1.99. The number of hydrogen-bond donors (Lipinski definition) is 0. The van der Waals surface area contributed by atoms with Gasteiger partial charge in [0.2, 0.25) is 0 Å². The molecule has 0 amide bonds. The minimum absolute atomic E-state index is 0. The number of pyridine rings is 1. The van der Waals surface area contributed by atoms with Gasteiger partial charge in [-0.05, 0) is 26.0 Å². The van der Waals surface area contributed by atoms with E-state index < -0.39 is 5.97 Å². The smallest absolute Gasteiger partial charge is 0.543 e. The molecule has 82 valence electrons. The van der Waals surface area contributed by atoms with Crippen LogP contribution in [0, 0.1) is 13.8 Å². The molecule has 0 spiro atoms. The number of carbonyl (C=O) groups is 1. The van der Waals surface area contributed by atoms with Crippen molar-refractivity contribution in [3.63, 3.8) is 0 Å². The molecule has 0 radical (unpaired) electrons. The second-order valence-electron chi connectivity index (χ2n) is 3.43. The summed E-state index contributed by atoms with van der Waals surface area (Å²) in [6.07, 6.45) is 0. The van der Waals surface area contributed by atoms with Crippen molar-refractivity contribution < 1.29 is 28.8 Å². The van der Waals surface area contributed by atoms with Crippen LogP contribution in [0.25, 0.3) is 10.6 Å². The molecule has 0 saturated heterocycles. The number of nitrogens with zero attached hydrogens (tertiary/aromatic N) is 2. The maximum atomic E-state index is 11.0. The van der Waals surface area contributed by atoms with Crippen LogP contribution >= 0.6 is 11.3 Å². The molecule has 0 bridgehead atoms. The Morgan fingerprint density at radius 2 is 1.94 bits per heavy atom. The molecule has 6 heteroatoms. The summed E-state index contributed by atoms with van der Waals surface area (Å²) < 4.78 is 0. The van der Waals surface area contributed by atoms with E-state index in [1.807, 2.05) is 12.3 Å². The maximum Gasteiger partial charge on any atom is 1.00 e. The van der Waals surface area contributed by atoms with E-state index in [4.69, 9.17) is 0 Å². The number of aromatic nitrogens is 2. The van der Waals surface area contributed by atoms with Crippen molar-refractivity contribution in [3.8, 4) is 10.6 Å². The molecule has 0 N–H and O–H groups in total. The number of carboxylic acid groups (broad SMARTS) is 1. The Bertz CT molecular complexity index is 554. The summed E-state index contributed by atoms with van der Waals surface area (Å²) in [5, 5.41) is 13.5. The fraction of sp³-hybridized carbons (Fsp3) is 0.182. The Labute approximate surface area is 115 Å². The Hall–Kier alpha value is -1.15. The molecule has 0 fully saturated rings. The van der Waals surface area contributed by atoms with Crippen LogP contribution in [0.4, 0.5) is 0 Å². The second-order valence-corrected chi connectivity index (χ2v) is 4.29. The van der Waals surface area contributed by atoms with Gasteiger partial charge in [-0.1, -0.05) is 0 Å². The maximum absolute atomic E-state index is 11.0. The van der Waals surface area contributed by atoms with Crippen molar-refractivity contribution in [1.82, 2.24) is 9.97 Å². The van der Waals surface area contributed by atoms with Crippen LogP contribution in [0.5, 0.6) is 0 Å². The standard InChI is InChI=1S/C11H10N2O2S.Li/c1-6-3-4-8(9(12-6)11(14)15)10-13-7(2)5-16-10;/h3-5H,1-2H3,(H,14,15);/q;+1/p-1. The minimum Gasteiger partial charge on any atom is -0.543 e. The minimum atomic E-state index is -1.27. The molecule has 0 atom stereocenters. The van der Waals surface area contributed by atoms with Crippen LogP contribution < -0.4 is 24.0 Å². The summed E-state index contributed by atoms with van der Waals surface area (Å²) in [6, 6.07) is 3.48. The van der Waals surface area contributed by atoms with Gasteiger partial charge in [-0.3, -0.25) is 4.98 Å². The van der Waals surface area contributed by atoms with Crippen LogP contribution in [0.1, 0.15) is 21.9 Å². The van der Waals surface area contributed by atoms with Gasteiger partial charge in [-0.15, -0.1) is 11.3 Å². The van der Waals surface area contributed by atoms with Gasteiger partial charge in [-0.2, -0.15) is 0 Å². The van der Waals surface area contributed by atoms with Crippen LogP contribution in [-0.2, 0) is 0 Å². The molecule has 0 unspecified atom stereocenters. The zero-order valence-corrected chi connectivity index (χ0v) is 10.7. The van der Waals surface area contributed by atoms with Gasteiger partial charge in [-0.25, -0.2) is 4.98 Å². The molecule has 0 aromatic carbocycles. The second kappa shape index (κ2) is 5.45. The molecular weight excluding hydrogens is 231 g/mol. The molecule has 0 aliphatic carbocycles. The predicted molar refractivity (Wildman–Crippen MR) is 59.1 cm³/mol. The molecule has 2 aromatic rings. The molecule has 0 saturated carbocycles. The molecule has 2 heterocycles. The van der Waals surface area contributed by atoms with Crippen molar-refractivity contribution in [2.45, 2.75) is 13.8 Å². The van der Waals surface area contributed by atoms with E-state index >= 15 is 0 Å². The van der Waals surface area contributed by atoms with Crippen molar-refractivity contribution in [1.29, 1.82) is 0 Å². The van der Waals surface area contributed by atoms with E-state index in [-0.39, 0.29) is 24.6 Å². The summed E-state index contributed by atoms with van der Waals surface area (Å²) in [5.74, 6) is -1.27. The Morgan fingerprint density at radius 3 is 2.47 bits per heavy atom. The quantitative estimate of drug-likeness (QED) is 0.580. The normalized spacial score (nSPS) is 9.76. The first-order chi connectivity index (χ1) is 7.58. The number of thiazole rings is 1. The number of hydrogen-bond acceptors (Lipinski definition) is 5. The number of carboxylic acids is 1. The number of carbonyl (C=O) groups excluding carboxylic acids is 1. The summed E-state index contributed by atoms with van der Waals surface area (Å²) in [6.45, 7) is 3.60. The third-order valence-corrected chi connectivity index (χ3v) is 3.07. The van der Waals surface area contributed by atoms with E-state index in [1.54, 1.807) is 19.1 Å². The fourth-order valence-corrected chi connectivity index (χ4v) is 2.19. The van der Waals surface area contributed by atoms with Gasteiger partial charge in [0, 0.05) is 22.3 Å². The Morgan fingerprint density at radius 1 is 1.24 bits per heavy atom. The van der Waals surface area contributed by atoms with E-state index in [0.717, 1.165) is 5.69 Å².